The lowest BCUT2D eigenvalue weighted by Gasteiger charge is -2.32. The number of nitrogens with two attached hydrogens (primary N) is 2. The molecule has 4 rings (SSSR count). The Morgan fingerprint density at radius 1 is 1.03 bits per heavy atom. The van der Waals surface area contributed by atoms with Crippen LogP contribution in [0, 0.1) is 13.8 Å². The van der Waals surface area contributed by atoms with E-state index in [0.29, 0.717) is 11.3 Å². The number of phenols is 1. The summed E-state index contributed by atoms with van der Waals surface area (Å²) in [7, 11) is 0. The van der Waals surface area contributed by atoms with Crippen molar-refractivity contribution in [3.8, 4) is 5.75 Å². The number of carbonyl (C=O) groups is 3. The molecule has 38 heavy (non-hydrogen) atoms. The maximum Gasteiger partial charge on any atom is 0.273 e. The van der Waals surface area contributed by atoms with Crippen LogP contribution in [0.25, 0.3) is 0 Å². The van der Waals surface area contributed by atoms with Crippen LogP contribution in [0.1, 0.15) is 48.5 Å². The van der Waals surface area contributed by atoms with Gasteiger partial charge >= 0.3 is 0 Å². The summed E-state index contributed by atoms with van der Waals surface area (Å²) in [5.41, 5.74) is 14.6. The number of aromatic hydroxyl groups is 1. The van der Waals surface area contributed by atoms with Gasteiger partial charge in [-0.05, 0) is 65.8 Å². The zero-order chi connectivity index (χ0) is 27.4. The minimum Gasteiger partial charge on any atom is -0.508 e. The Morgan fingerprint density at radius 2 is 1.71 bits per heavy atom. The molecule has 0 saturated heterocycles. The van der Waals surface area contributed by atoms with Crippen molar-refractivity contribution in [1.29, 1.82) is 0 Å². The van der Waals surface area contributed by atoms with Gasteiger partial charge in [-0.3, -0.25) is 19.3 Å². The summed E-state index contributed by atoms with van der Waals surface area (Å²) in [4.78, 5) is 41.1. The SMILES string of the molecule is Cc1ccc(C)c(N(C(=O)c2snc(C(N)=O)c2N)[C@@H](C(=O)NCc2ccccc2)c2ccc(O)cc2)c1. The van der Waals surface area contributed by atoms with Crippen LogP contribution in [0.5, 0.6) is 5.75 Å². The highest BCUT2D eigenvalue weighted by Gasteiger charge is 2.36. The van der Waals surface area contributed by atoms with Crippen LogP contribution < -0.4 is 21.7 Å². The Hall–Kier alpha value is -4.70. The van der Waals surface area contributed by atoms with Crippen molar-refractivity contribution in [3.05, 3.63) is 106 Å². The van der Waals surface area contributed by atoms with Crippen LogP contribution in [0.15, 0.2) is 72.8 Å². The third kappa shape index (κ3) is 5.50. The van der Waals surface area contributed by atoms with E-state index in [1.54, 1.807) is 18.2 Å². The Morgan fingerprint density at radius 3 is 2.34 bits per heavy atom. The van der Waals surface area contributed by atoms with Gasteiger partial charge in [0, 0.05) is 12.2 Å². The summed E-state index contributed by atoms with van der Waals surface area (Å²) in [6, 6.07) is 19.9. The van der Waals surface area contributed by atoms with E-state index >= 15 is 0 Å². The van der Waals surface area contributed by atoms with Gasteiger partial charge in [0.1, 0.15) is 16.7 Å². The Labute approximate surface area is 223 Å². The van der Waals surface area contributed by atoms with E-state index in [4.69, 9.17) is 11.5 Å². The van der Waals surface area contributed by atoms with Crippen LogP contribution >= 0.6 is 11.5 Å². The van der Waals surface area contributed by atoms with Gasteiger partial charge < -0.3 is 21.9 Å². The number of anilines is 2. The molecule has 6 N–H and O–H groups in total. The zero-order valence-electron chi connectivity index (χ0n) is 20.8. The highest BCUT2D eigenvalue weighted by atomic mass is 32.1. The summed E-state index contributed by atoms with van der Waals surface area (Å²) in [5, 5.41) is 12.8. The van der Waals surface area contributed by atoms with Gasteiger partial charge in [0.05, 0.1) is 5.69 Å². The summed E-state index contributed by atoms with van der Waals surface area (Å²) in [6.45, 7) is 3.94. The third-order valence-electron chi connectivity index (χ3n) is 6.02. The van der Waals surface area contributed by atoms with Crippen LogP contribution in [0.3, 0.4) is 0 Å². The van der Waals surface area contributed by atoms with E-state index in [9.17, 15) is 19.5 Å². The lowest BCUT2D eigenvalue weighted by molar-refractivity contribution is -0.122. The summed E-state index contributed by atoms with van der Waals surface area (Å²) in [5.74, 6) is -1.91. The molecule has 9 nitrogen and oxygen atoms in total. The second-order valence-electron chi connectivity index (χ2n) is 8.80. The molecule has 0 aliphatic carbocycles. The number of aromatic nitrogens is 1. The van der Waals surface area contributed by atoms with Gasteiger partial charge in [0.15, 0.2) is 5.69 Å². The quantitative estimate of drug-likeness (QED) is 0.272. The van der Waals surface area contributed by atoms with Crippen molar-refractivity contribution >= 4 is 40.6 Å². The van der Waals surface area contributed by atoms with Crippen molar-refractivity contribution in [2.75, 3.05) is 10.6 Å². The first-order valence-electron chi connectivity index (χ1n) is 11.7. The molecule has 3 amide bonds. The standard InChI is InChI=1S/C28H27N5O4S/c1-16-8-9-17(2)21(14-16)33(28(37)25-22(29)23(26(30)35)32-38-25)24(19-10-12-20(34)13-11-19)27(36)31-15-18-6-4-3-5-7-18/h3-14,24,34H,15,29H2,1-2H3,(H2,30,35)(H,31,36)/t24-/m1/s1. The number of benzene rings is 3. The highest BCUT2D eigenvalue weighted by Crippen LogP contribution is 2.35. The lowest BCUT2D eigenvalue weighted by atomic mass is 10.00. The van der Waals surface area contributed by atoms with E-state index in [1.807, 2.05) is 56.3 Å². The first kappa shape index (κ1) is 26.4. The van der Waals surface area contributed by atoms with E-state index in [1.165, 1.54) is 17.0 Å². The van der Waals surface area contributed by atoms with Crippen molar-refractivity contribution in [2.24, 2.45) is 5.73 Å². The fraction of sp³-hybridized carbons (Fsp3) is 0.143. The van der Waals surface area contributed by atoms with Crippen molar-refractivity contribution < 1.29 is 19.5 Å². The molecule has 0 fully saturated rings. The van der Waals surface area contributed by atoms with Crippen LogP contribution in [0.4, 0.5) is 11.4 Å². The molecule has 10 heteroatoms. The number of phenolic OH excluding ortho intramolecular Hbond substituents is 1. The number of aryl methyl sites for hydroxylation is 2. The summed E-state index contributed by atoms with van der Waals surface area (Å²) in [6.07, 6.45) is 0. The van der Waals surface area contributed by atoms with Gasteiger partial charge in [-0.15, -0.1) is 0 Å². The smallest absolute Gasteiger partial charge is 0.273 e. The molecule has 0 saturated carbocycles. The number of hydrogen-bond donors (Lipinski definition) is 4. The first-order chi connectivity index (χ1) is 18.2. The van der Waals surface area contributed by atoms with Crippen LogP contribution in [0.2, 0.25) is 0 Å². The zero-order valence-corrected chi connectivity index (χ0v) is 21.7. The lowest BCUT2D eigenvalue weighted by Crippen LogP contribution is -2.44. The fourth-order valence-electron chi connectivity index (χ4n) is 4.04. The number of nitrogens with one attached hydrogen (secondary N) is 1. The summed E-state index contributed by atoms with van der Waals surface area (Å²) < 4.78 is 3.98. The number of carbonyl (C=O) groups excluding carboxylic acids is 3. The van der Waals surface area contributed by atoms with E-state index < -0.39 is 23.8 Å². The molecular weight excluding hydrogens is 502 g/mol. The van der Waals surface area contributed by atoms with Gasteiger partial charge in [0.25, 0.3) is 11.8 Å². The average Bonchev–Trinajstić information content (AvgIpc) is 3.30. The largest absolute Gasteiger partial charge is 0.508 e. The maximum atomic E-state index is 14.2. The number of amides is 3. The second-order valence-corrected chi connectivity index (χ2v) is 9.57. The monoisotopic (exact) mass is 529 g/mol. The molecule has 1 heterocycles. The van der Waals surface area contributed by atoms with Crippen LogP contribution in [-0.2, 0) is 11.3 Å². The fourth-order valence-corrected chi connectivity index (χ4v) is 4.78. The number of rotatable bonds is 8. The third-order valence-corrected chi connectivity index (χ3v) is 6.87. The Bertz CT molecular complexity index is 1490. The predicted molar refractivity (Wildman–Crippen MR) is 147 cm³/mol. The molecule has 0 unspecified atom stereocenters. The maximum absolute atomic E-state index is 14.2. The molecule has 3 aromatic carbocycles. The van der Waals surface area contributed by atoms with E-state index in [0.717, 1.165) is 28.2 Å². The number of nitrogen functional groups attached to an aromatic ring is 1. The van der Waals surface area contributed by atoms with Crippen molar-refractivity contribution in [1.82, 2.24) is 9.69 Å². The van der Waals surface area contributed by atoms with Gasteiger partial charge in [-0.1, -0.05) is 54.6 Å². The predicted octanol–water partition coefficient (Wildman–Crippen LogP) is 3.85. The van der Waals surface area contributed by atoms with Crippen molar-refractivity contribution in [2.45, 2.75) is 26.4 Å². The Kier molecular flexibility index (Phi) is 7.73. The number of primary amides is 1. The Balaban J connectivity index is 1.87. The molecule has 1 aromatic heterocycles. The molecule has 0 radical (unpaired) electrons. The molecule has 0 spiro atoms. The molecule has 194 valence electrons. The van der Waals surface area contributed by atoms with E-state index in [-0.39, 0.29) is 28.6 Å². The molecule has 0 bridgehead atoms. The topological polar surface area (TPSA) is 152 Å². The average molecular weight is 530 g/mol. The molecule has 4 aromatic rings. The first-order valence-corrected chi connectivity index (χ1v) is 12.5. The van der Waals surface area contributed by atoms with Crippen LogP contribution in [-0.4, -0.2) is 27.2 Å². The second kappa shape index (κ2) is 11.1. The van der Waals surface area contributed by atoms with Gasteiger partial charge in [-0.2, -0.15) is 4.37 Å². The molecule has 1 atom stereocenters. The molecular formula is C28H27N5O4S. The van der Waals surface area contributed by atoms with Gasteiger partial charge in [0.2, 0.25) is 5.91 Å². The molecule has 0 aliphatic rings. The minimum atomic E-state index is -1.15. The van der Waals surface area contributed by atoms with Gasteiger partial charge in [-0.25, -0.2) is 0 Å². The normalized spacial score (nSPS) is 11.5. The summed E-state index contributed by atoms with van der Waals surface area (Å²) >= 11 is 0.744. The van der Waals surface area contributed by atoms with Crippen molar-refractivity contribution in [3.63, 3.8) is 0 Å². The molecule has 0 aliphatic heterocycles. The van der Waals surface area contributed by atoms with E-state index in [2.05, 4.69) is 9.69 Å². The highest BCUT2D eigenvalue weighted by molar-refractivity contribution is 7.09. The minimum absolute atomic E-state index is 0.0135. The number of hydrogen-bond acceptors (Lipinski definition) is 7. The number of nitrogens with zero attached hydrogens (tertiary/aromatic N) is 2.